The third kappa shape index (κ3) is 7.13. The molecule has 4 aromatic carbocycles. The third-order valence-electron chi connectivity index (χ3n) is 6.13. The van der Waals surface area contributed by atoms with Crippen LogP contribution < -0.4 is 20.8 Å². The topological polar surface area (TPSA) is 126 Å². The van der Waals surface area contributed by atoms with E-state index in [2.05, 4.69) is 21.2 Å². The van der Waals surface area contributed by atoms with E-state index < -0.39 is 23.7 Å². The molecular weight excluding hydrogens is 588 g/mol. The molecule has 3 amide bonds. The molecule has 0 aliphatic rings. The Balaban J connectivity index is 1.15. The van der Waals surface area contributed by atoms with Gasteiger partial charge in [0.05, 0.1) is 22.5 Å². The number of para-hydroxylation sites is 1. The summed E-state index contributed by atoms with van der Waals surface area (Å²) in [6.07, 6.45) is 1.32. The highest BCUT2D eigenvalue weighted by atomic mass is 35.5. The molecule has 0 fully saturated rings. The standard InChI is InChI=1S/C32H23ClN4O5S/c1-19-10-14-21(15-11-19)35-29(38)23-6-2-4-8-25(23)36-30(39)31(40)37-34-18-20-12-16-22(17-13-20)42-32(41)28-27(33)24-7-3-5-9-26(24)43-28/h2-18H,1H3,(H,35,38)(H,36,39)(H,37,40)/b34-18+. The molecule has 0 bridgehead atoms. The lowest BCUT2D eigenvalue weighted by Crippen LogP contribution is -2.33. The van der Waals surface area contributed by atoms with Gasteiger partial charge in [-0.15, -0.1) is 11.3 Å². The molecule has 0 aliphatic carbocycles. The van der Waals surface area contributed by atoms with Crippen LogP contribution >= 0.6 is 22.9 Å². The van der Waals surface area contributed by atoms with E-state index in [1.807, 2.05) is 43.3 Å². The van der Waals surface area contributed by atoms with Crippen LogP contribution in [0.1, 0.15) is 31.2 Å². The largest absolute Gasteiger partial charge is 0.422 e. The van der Waals surface area contributed by atoms with Gasteiger partial charge in [0, 0.05) is 15.8 Å². The summed E-state index contributed by atoms with van der Waals surface area (Å²) in [4.78, 5) is 50.6. The Morgan fingerprint density at radius 2 is 1.51 bits per heavy atom. The van der Waals surface area contributed by atoms with Gasteiger partial charge in [0.2, 0.25) is 0 Å². The summed E-state index contributed by atoms with van der Waals surface area (Å²) < 4.78 is 6.34. The number of aryl methyl sites for hydroxylation is 1. The van der Waals surface area contributed by atoms with Gasteiger partial charge < -0.3 is 15.4 Å². The molecule has 0 aliphatic heterocycles. The van der Waals surface area contributed by atoms with Gasteiger partial charge in [-0.1, -0.05) is 59.6 Å². The fraction of sp³-hybridized carbons (Fsp3) is 0.0312. The molecule has 1 aromatic heterocycles. The monoisotopic (exact) mass is 610 g/mol. The molecule has 0 saturated heterocycles. The molecule has 0 saturated carbocycles. The molecule has 1 heterocycles. The minimum atomic E-state index is -1.03. The molecular formula is C32H23ClN4O5S. The van der Waals surface area contributed by atoms with Gasteiger partial charge in [-0.2, -0.15) is 5.10 Å². The van der Waals surface area contributed by atoms with Gasteiger partial charge in [-0.3, -0.25) is 14.4 Å². The van der Waals surface area contributed by atoms with E-state index in [4.69, 9.17) is 16.3 Å². The summed E-state index contributed by atoms with van der Waals surface area (Å²) in [6.45, 7) is 1.94. The van der Waals surface area contributed by atoms with Gasteiger partial charge in [-0.25, -0.2) is 10.2 Å². The fourth-order valence-electron chi connectivity index (χ4n) is 3.94. The number of nitrogens with one attached hydrogen (secondary N) is 3. The third-order valence-corrected chi connectivity index (χ3v) is 7.78. The van der Waals surface area contributed by atoms with Gasteiger partial charge in [0.15, 0.2) is 0 Å². The van der Waals surface area contributed by atoms with E-state index in [1.54, 1.807) is 48.5 Å². The number of benzene rings is 4. The number of thiophene rings is 1. The van der Waals surface area contributed by atoms with Crippen molar-refractivity contribution >= 4 is 74.3 Å². The Morgan fingerprint density at radius 3 is 2.26 bits per heavy atom. The number of amides is 3. The Bertz CT molecular complexity index is 1870. The lowest BCUT2D eigenvalue weighted by Gasteiger charge is -2.11. The molecule has 214 valence electrons. The van der Waals surface area contributed by atoms with E-state index in [0.29, 0.717) is 26.9 Å². The van der Waals surface area contributed by atoms with Crippen LogP contribution in [0.2, 0.25) is 5.02 Å². The number of nitrogens with zero attached hydrogens (tertiary/aromatic N) is 1. The van der Waals surface area contributed by atoms with Crippen LogP contribution in [0.3, 0.4) is 0 Å². The van der Waals surface area contributed by atoms with Crippen LogP contribution in [0.25, 0.3) is 10.1 Å². The van der Waals surface area contributed by atoms with Crippen LogP contribution in [-0.4, -0.2) is 29.9 Å². The van der Waals surface area contributed by atoms with Crippen molar-refractivity contribution in [3.8, 4) is 5.75 Å². The molecule has 0 atom stereocenters. The van der Waals surface area contributed by atoms with Crippen molar-refractivity contribution < 1.29 is 23.9 Å². The minimum absolute atomic E-state index is 0.165. The Kier molecular flexibility index (Phi) is 8.90. The van der Waals surface area contributed by atoms with Crippen molar-refractivity contribution in [1.29, 1.82) is 0 Å². The van der Waals surface area contributed by atoms with Gasteiger partial charge in [0.1, 0.15) is 10.6 Å². The van der Waals surface area contributed by atoms with E-state index in [-0.39, 0.29) is 11.3 Å². The number of rotatable bonds is 7. The number of carbonyl (C=O) groups is 4. The molecule has 0 spiro atoms. The van der Waals surface area contributed by atoms with Gasteiger partial charge in [0.25, 0.3) is 5.91 Å². The van der Waals surface area contributed by atoms with E-state index in [9.17, 15) is 19.2 Å². The quantitative estimate of drug-likeness (QED) is 0.0644. The molecule has 5 aromatic rings. The molecule has 9 nitrogen and oxygen atoms in total. The van der Waals surface area contributed by atoms with Crippen LogP contribution in [0.5, 0.6) is 5.75 Å². The lowest BCUT2D eigenvalue weighted by atomic mass is 10.1. The fourth-order valence-corrected chi connectivity index (χ4v) is 5.33. The summed E-state index contributed by atoms with van der Waals surface area (Å²) in [7, 11) is 0. The number of hydrogen-bond acceptors (Lipinski definition) is 7. The molecule has 0 radical (unpaired) electrons. The second kappa shape index (κ2) is 13.1. The maximum atomic E-state index is 12.8. The van der Waals surface area contributed by atoms with E-state index in [0.717, 1.165) is 15.6 Å². The molecule has 0 unspecified atom stereocenters. The maximum Gasteiger partial charge on any atom is 0.355 e. The Morgan fingerprint density at radius 1 is 0.814 bits per heavy atom. The number of carbonyl (C=O) groups excluding carboxylic acids is 4. The molecule has 43 heavy (non-hydrogen) atoms. The number of anilines is 2. The summed E-state index contributed by atoms with van der Waals surface area (Å²) in [5, 5.41) is 10.2. The first-order valence-electron chi connectivity index (χ1n) is 12.9. The van der Waals surface area contributed by atoms with Crippen molar-refractivity contribution in [2.24, 2.45) is 5.10 Å². The SMILES string of the molecule is Cc1ccc(NC(=O)c2ccccc2NC(=O)C(=O)N/N=C/c2ccc(OC(=O)c3sc4ccccc4c3Cl)cc2)cc1. The number of esters is 1. The van der Waals surface area contributed by atoms with Gasteiger partial charge in [-0.05, 0) is 67.1 Å². The highest BCUT2D eigenvalue weighted by Crippen LogP contribution is 2.35. The number of hydrogen-bond donors (Lipinski definition) is 3. The minimum Gasteiger partial charge on any atom is -0.422 e. The number of fused-ring (bicyclic) bond motifs is 1. The zero-order valence-electron chi connectivity index (χ0n) is 22.6. The van der Waals surface area contributed by atoms with Crippen LogP contribution in [0.15, 0.2) is 102 Å². The number of halogens is 1. The Labute approximate surface area is 255 Å². The molecule has 11 heteroatoms. The summed E-state index contributed by atoms with van der Waals surface area (Å²) in [6, 6.07) is 27.4. The predicted octanol–water partition coefficient (Wildman–Crippen LogP) is 6.42. The first-order chi connectivity index (χ1) is 20.8. The molecule has 3 N–H and O–H groups in total. The summed E-state index contributed by atoms with van der Waals surface area (Å²) in [5.41, 5.74) is 4.71. The second-order valence-corrected chi connectivity index (χ2v) is 10.6. The maximum absolute atomic E-state index is 12.8. The van der Waals surface area contributed by atoms with Crippen LogP contribution in [0.4, 0.5) is 11.4 Å². The number of ether oxygens (including phenoxy) is 1. The average molecular weight is 611 g/mol. The van der Waals surface area contributed by atoms with Crippen molar-refractivity contribution in [2.45, 2.75) is 6.92 Å². The summed E-state index contributed by atoms with van der Waals surface area (Å²) >= 11 is 7.61. The summed E-state index contributed by atoms with van der Waals surface area (Å²) in [5.74, 6) is -2.76. The second-order valence-electron chi connectivity index (χ2n) is 9.22. The predicted molar refractivity (Wildman–Crippen MR) is 168 cm³/mol. The van der Waals surface area contributed by atoms with Gasteiger partial charge >= 0.3 is 17.8 Å². The zero-order valence-corrected chi connectivity index (χ0v) is 24.2. The highest BCUT2D eigenvalue weighted by molar-refractivity contribution is 7.21. The normalized spacial score (nSPS) is 10.8. The Hall–Kier alpha value is -5.32. The zero-order chi connectivity index (χ0) is 30.3. The first-order valence-corrected chi connectivity index (χ1v) is 14.1. The van der Waals surface area contributed by atoms with Crippen LogP contribution in [-0.2, 0) is 9.59 Å². The van der Waals surface area contributed by atoms with Crippen LogP contribution in [0, 0.1) is 6.92 Å². The van der Waals surface area contributed by atoms with E-state index >= 15 is 0 Å². The molecule has 5 rings (SSSR count). The highest BCUT2D eigenvalue weighted by Gasteiger charge is 2.20. The lowest BCUT2D eigenvalue weighted by molar-refractivity contribution is -0.136. The number of hydrazone groups is 1. The first kappa shape index (κ1) is 29.2. The van der Waals surface area contributed by atoms with Crippen molar-refractivity contribution in [3.05, 3.63) is 124 Å². The average Bonchev–Trinajstić information content (AvgIpc) is 3.35. The van der Waals surface area contributed by atoms with E-state index in [1.165, 1.54) is 29.7 Å². The van der Waals surface area contributed by atoms with Crippen molar-refractivity contribution in [2.75, 3.05) is 10.6 Å². The van der Waals surface area contributed by atoms with Crippen molar-refractivity contribution in [3.63, 3.8) is 0 Å². The smallest absolute Gasteiger partial charge is 0.355 e. The van der Waals surface area contributed by atoms with Crippen molar-refractivity contribution in [1.82, 2.24) is 5.43 Å².